The van der Waals surface area contributed by atoms with Gasteiger partial charge in [0.2, 0.25) is 0 Å². The van der Waals surface area contributed by atoms with Crippen LogP contribution in [0.4, 0.5) is 0 Å². The minimum Gasteiger partial charge on any atom is -0.512 e. The second kappa shape index (κ2) is 9.93. The molecular weight excluding hydrogens is 184 g/mol. The Morgan fingerprint density at radius 3 is 2.08 bits per heavy atom. The van der Waals surface area contributed by atoms with E-state index in [9.17, 15) is 0 Å². The van der Waals surface area contributed by atoms with E-state index in [0.29, 0.717) is 12.4 Å². The van der Waals surface area contributed by atoms with E-state index in [1.807, 2.05) is 0 Å². The number of rotatable bonds is 8. The molecule has 0 heterocycles. The number of aliphatic hydroxyl groups is 2. The average molecular weight is 204 g/mol. The molecule has 0 amide bonds. The van der Waals surface area contributed by atoms with E-state index in [1.54, 1.807) is 0 Å². The fourth-order valence-electron chi connectivity index (χ4n) is 1.19. The highest BCUT2D eigenvalue weighted by Crippen LogP contribution is 2.10. The molecule has 0 radical (unpaired) electrons. The summed E-state index contributed by atoms with van der Waals surface area (Å²) in [5.41, 5.74) is 0. The summed E-state index contributed by atoms with van der Waals surface area (Å²) in [6.45, 7) is 0.309. The van der Waals surface area contributed by atoms with Gasteiger partial charge in [-0.05, 0) is 12.8 Å². The van der Waals surface area contributed by atoms with Gasteiger partial charge in [0.25, 0.3) is 0 Å². The Hall–Kier alpha value is -0.150. The Balaban J connectivity index is 3.00. The second-order valence-electron chi connectivity index (χ2n) is 3.22. The van der Waals surface area contributed by atoms with Gasteiger partial charge in [-0.25, -0.2) is 0 Å². The molecule has 2 N–H and O–H groups in total. The SMILES string of the molecule is OCCCCCCCC/C(O)=C/S. The summed E-state index contributed by atoms with van der Waals surface area (Å²) in [5.74, 6) is 0.374. The third-order valence-corrected chi connectivity index (χ3v) is 2.29. The first-order valence-electron chi connectivity index (χ1n) is 4.94. The standard InChI is InChI=1S/C10H20O2S/c11-8-6-4-2-1-3-5-7-10(12)9-13/h9,11-13H,1-8H2/b10-9-. The van der Waals surface area contributed by atoms with Crippen LogP contribution in [0.1, 0.15) is 44.9 Å². The van der Waals surface area contributed by atoms with Crippen molar-refractivity contribution in [2.75, 3.05) is 6.61 Å². The zero-order valence-electron chi connectivity index (χ0n) is 8.08. The number of thiol groups is 1. The lowest BCUT2D eigenvalue weighted by Crippen LogP contribution is -1.85. The van der Waals surface area contributed by atoms with Gasteiger partial charge >= 0.3 is 0 Å². The number of hydrogen-bond donors (Lipinski definition) is 3. The van der Waals surface area contributed by atoms with Crippen LogP contribution in [-0.2, 0) is 0 Å². The first kappa shape index (κ1) is 12.8. The van der Waals surface area contributed by atoms with E-state index in [-0.39, 0.29) is 0 Å². The topological polar surface area (TPSA) is 40.5 Å². The number of allylic oxidation sites excluding steroid dienone is 1. The maximum atomic E-state index is 9.05. The molecule has 0 aromatic carbocycles. The molecule has 0 aromatic heterocycles. The van der Waals surface area contributed by atoms with Crippen LogP contribution in [0.15, 0.2) is 11.2 Å². The van der Waals surface area contributed by atoms with Crippen LogP contribution in [0, 0.1) is 0 Å². The zero-order chi connectivity index (χ0) is 9.94. The van der Waals surface area contributed by atoms with Gasteiger partial charge in [0.05, 0.1) is 5.76 Å². The molecule has 0 aliphatic rings. The summed E-state index contributed by atoms with van der Waals surface area (Å²) in [4.78, 5) is 0. The third kappa shape index (κ3) is 9.77. The Labute approximate surface area is 86.1 Å². The van der Waals surface area contributed by atoms with Gasteiger partial charge < -0.3 is 10.2 Å². The van der Waals surface area contributed by atoms with Crippen LogP contribution in [0.25, 0.3) is 0 Å². The molecule has 0 saturated heterocycles. The highest BCUT2D eigenvalue weighted by molar-refractivity contribution is 7.83. The molecule has 0 rings (SSSR count). The normalized spacial score (nSPS) is 12.0. The van der Waals surface area contributed by atoms with E-state index in [1.165, 1.54) is 18.2 Å². The third-order valence-electron chi connectivity index (χ3n) is 1.99. The van der Waals surface area contributed by atoms with Crippen molar-refractivity contribution >= 4 is 12.6 Å². The number of unbranched alkanes of at least 4 members (excludes halogenated alkanes) is 5. The summed E-state index contributed by atoms with van der Waals surface area (Å²) in [6.07, 6.45) is 7.33. The fraction of sp³-hybridized carbons (Fsp3) is 0.800. The van der Waals surface area contributed by atoms with E-state index in [4.69, 9.17) is 10.2 Å². The average Bonchev–Trinajstić information content (AvgIpc) is 2.16. The van der Waals surface area contributed by atoms with Crippen molar-refractivity contribution in [2.45, 2.75) is 44.9 Å². The molecule has 0 bridgehead atoms. The Kier molecular flexibility index (Phi) is 9.82. The van der Waals surface area contributed by atoms with E-state index < -0.39 is 0 Å². The first-order valence-corrected chi connectivity index (χ1v) is 5.46. The molecule has 13 heavy (non-hydrogen) atoms. The molecule has 0 atom stereocenters. The van der Waals surface area contributed by atoms with E-state index >= 15 is 0 Å². The Morgan fingerprint density at radius 1 is 1.00 bits per heavy atom. The number of hydrogen-bond acceptors (Lipinski definition) is 3. The molecule has 3 heteroatoms. The molecule has 0 aromatic rings. The van der Waals surface area contributed by atoms with Crippen molar-refractivity contribution in [3.05, 3.63) is 11.2 Å². The fourth-order valence-corrected chi connectivity index (χ4v) is 1.32. The van der Waals surface area contributed by atoms with Gasteiger partial charge in [0.1, 0.15) is 0 Å². The minimum atomic E-state index is 0.309. The summed E-state index contributed by atoms with van der Waals surface area (Å²) in [6, 6.07) is 0. The van der Waals surface area contributed by atoms with Gasteiger partial charge in [-0.3, -0.25) is 0 Å². The molecule has 0 aliphatic heterocycles. The number of aliphatic hydroxyl groups excluding tert-OH is 2. The Bertz CT molecular complexity index is 135. The molecule has 0 spiro atoms. The first-order chi connectivity index (χ1) is 6.31. The van der Waals surface area contributed by atoms with Gasteiger partial charge in [0, 0.05) is 18.4 Å². The summed E-state index contributed by atoms with van der Waals surface area (Å²) < 4.78 is 0. The van der Waals surface area contributed by atoms with Crippen LogP contribution in [-0.4, -0.2) is 16.8 Å². The van der Waals surface area contributed by atoms with E-state index in [0.717, 1.165) is 32.1 Å². The molecule has 0 fully saturated rings. The van der Waals surface area contributed by atoms with Crippen molar-refractivity contribution in [1.29, 1.82) is 0 Å². The van der Waals surface area contributed by atoms with Crippen molar-refractivity contribution in [3.63, 3.8) is 0 Å². The lowest BCUT2D eigenvalue weighted by atomic mass is 10.1. The van der Waals surface area contributed by atoms with Crippen LogP contribution in [0.5, 0.6) is 0 Å². The largest absolute Gasteiger partial charge is 0.512 e. The van der Waals surface area contributed by atoms with Crippen molar-refractivity contribution in [3.8, 4) is 0 Å². The zero-order valence-corrected chi connectivity index (χ0v) is 8.97. The van der Waals surface area contributed by atoms with E-state index in [2.05, 4.69) is 12.6 Å². The van der Waals surface area contributed by atoms with Crippen LogP contribution in [0.3, 0.4) is 0 Å². The molecule has 0 saturated carbocycles. The quantitative estimate of drug-likeness (QED) is 0.323. The van der Waals surface area contributed by atoms with Crippen LogP contribution < -0.4 is 0 Å². The van der Waals surface area contributed by atoms with Crippen LogP contribution >= 0.6 is 12.6 Å². The Morgan fingerprint density at radius 2 is 1.54 bits per heavy atom. The molecule has 0 unspecified atom stereocenters. The smallest absolute Gasteiger partial charge is 0.0982 e. The predicted molar refractivity (Wildman–Crippen MR) is 59.1 cm³/mol. The van der Waals surface area contributed by atoms with Gasteiger partial charge in [-0.2, -0.15) is 0 Å². The molecular formula is C10H20O2S. The highest BCUT2D eigenvalue weighted by atomic mass is 32.1. The lowest BCUT2D eigenvalue weighted by molar-refractivity contribution is 0.282. The highest BCUT2D eigenvalue weighted by Gasteiger charge is 1.93. The molecule has 0 aliphatic carbocycles. The van der Waals surface area contributed by atoms with Crippen LogP contribution in [0.2, 0.25) is 0 Å². The molecule has 2 nitrogen and oxygen atoms in total. The van der Waals surface area contributed by atoms with Crippen molar-refractivity contribution < 1.29 is 10.2 Å². The van der Waals surface area contributed by atoms with Gasteiger partial charge in [-0.15, -0.1) is 12.6 Å². The molecule has 78 valence electrons. The second-order valence-corrected chi connectivity index (χ2v) is 3.47. The summed E-state index contributed by atoms with van der Waals surface area (Å²) >= 11 is 3.85. The predicted octanol–water partition coefficient (Wildman–Crippen LogP) is 3.04. The van der Waals surface area contributed by atoms with Gasteiger partial charge in [0.15, 0.2) is 0 Å². The summed E-state index contributed by atoms with van der Waals surface area (Å²) in [5, 5.41) is 19.0. The monoisotopic (exact) mass is 204 g/mol. The lowest BCUT2D eigenvalue weighted by Gasteiger charge is -2.00. The minimum absolute atomic E-state index is 0.309. The van der Waals surface area contributed by atoms with Crippen molar-refractivity contribution in [2.24, 2.45) is 0 Å². The van der Waals surface area contributed by atoms with Gasteiger partial charge in [-0.1, -0.05) is 25.7 Å². The summed E-state index contributed by atoms with van der Waals surface area (Å²) in [7, 11) is 0. The maximum Gasteiger partial charge on any atom is 0.0982 e. The van der Waals surface area contributed by atoms with Crippen molar-refractivity contribution in [1.82, 2.24) is 0 Å². The maximum absolute atomic E-state index is 9.05.